The van der Waals surface area contributed by atoms with E-state index in [4.69, 9.17) is 5.11 Å². The third-order valence-corrected chi connectivity index (χ3v) is 1.67. The molecule has 0 spiro atoms. The third-order valence-electron chi connectivity index (χ3n) is 1.67. The highest BCUT2D eigenvalue weighted by atomic mass is 19.1. The molecule has 52 valence electrons. The molecule has 0 aliphatic heterocycles. The monoisotopic (exact) mass is 132 g/mol. The molecular formula is C5H9FN2O. The second-order valence-electron chi connectivity index (χ2n) is 2.20. The van der Waals surface area contributed by atoms with Crippen molar-refractivity contribution in [2.45, 2.75) is 18.9 Å². The molecule has 0 aromatic carbocycles. The summed E-state index contributed by atoms with van der Waals surface area (Å²) in [4.78, 5) is 0. The highest BCUT2D eigenvalue weighted by Gasteiger charge is 2.33. The lowest BCUT2D eigenvalue weighted by molar-refractivity contribution is 0.0551. The Kier molecular flexibility index (Phi) is 1.66. The lowest BCUT2D eigenvalue weighted by Gasteiger charge is -2.29. The molecule has 1 saturated carbocycles. The van der Waals surface area contributed by atoms with Crippen molar-refractivity contribution in [1.82, 2.24) is 0 Å². The molecular weight excluding hydrogens is 123 g/mol. The van der Waals surface area contributed by atoms with Crippen LogP contribution in [-0.2, 0) is 0 Å². The minimum atomic E-state index is -0.631. The summed E-state index contributed by atoms with van der Waals surface area (Å²) in [5.74, 6) is 3.59. The number of rotatable bonds is 1. The molecule has 2 atom stereocenters. The van der Waals surface area contributed by atoms with Gasteiger partial charge in [-0.1, -0.05) is 0 Å². The van der Waals surface area contributed by atoms with Crippen LogP contribution in [0.2, 0.25) is 0 Å². The molecule has 9 heavy (non-hydrogen) atoms. The second kappa shape index (κ2) is 2.31. The largest absolute Gasteiger partial charge is 0.392 e. The fraction of sp³-hybridized carbons (Fsp3) is 0.800. The topological polar surface area (TPSA) is 58.6 Å². The summed E-state index contributed by atoms with van der Waals surface area (Å²) in [6, 6.07) is 0. The van der Waals surface area contributed by atoms with Gasteiger partial charge >= 0.3 is 0 Å². The summed E-state index contributed by atoms with van der Waals surface area (Å²) >= 11 is 0. The van der Waals surface area contributed by atoms with E-state index in [9.17, 15) is 4.39 Å². The van der Waals surface area contributed by atoms with Crippen LogP contribution in [0.15, 0.2) is 5.10 Å². The van der Waals surface area contributed by atoms with Gasteiger partial charge in [0.15, 0.2) is 0 Å². The average Bonchev–Trinajstić information content (AvgIpc) is 1.84. The molecule has 1 unspecified atom stereocenters. The van der Waals surface area contributed by atoms with Crippen LogP contribution in [0, 0.1) is 5.92 Å². The summed E-state index contributed by atoms with van der Waals surface area (Å²) in [6.07, 6.45) is 0.763. The number of hydrogen-bond acceptors (Lipinski definition) is 3. The predicted molar refractivity (Wildman–Crippen MR) is 31.5 cm³/mol. The maximum Gasteiger partial charge on any atom is 0.212 e. The standard InChI is InChI=1S/C5H9FN2O/c6-5(8-7)3-1-2-4(3)9/h3-4,9H,1-2,7H2/b8-5+/t3?,4-/m0/s1. The SMILES string of the molecule is N/N=C(/F)C1CC[C@@H]1O. The fourth-order valence-electron chi connectivity index (χ4n) is 0.856. The van der Waals surface area contributed by atoms with Crippen molar-refractivity contribution < 1.29 is 9.50 Å². The molecule has 0 aromatic heterocycles. The molecule has 3 nitrogen and oxygen atoms in total. The van der Waals surface area contributed by atoms with Crippen LogP contribution in [0.4, 0.5) is 4.39 Å². The van der Waals surface area contributed by atoms with Crippen molar-refractivity contribution in [2.24, 2.45) is 16.9 Å². The van der Waals surface area contributed by atoms with Crippen molar-refractivity contribution in [3.8, 4) is 0 Å². The van der Waals surface area contributed by atoms with Gasteiger partial charge in [-0.3, -0.25) is 0 Å². The molecule has 4 heteroatoms. The number of hydrogen-bond donors (Lipinski definition) is 2. The maximum atomic E-state index is 12.3. The zero-order valence-corrected chi connectivity index (χ0v) is 4.92. The molecule has 0 bridgehead atoms. The van der Waals surface area contributed by atoms with E-state index in [0.717, 1.165) is 0 Å². The average molecular weight is 132 g/mol. The number of halogens is 1. The van der Waals surface area contributed by atoms with Gasteiger partial charge in [0.25, 0.3) is 0 Å². The zero-order valence-electron chi connectivity index (χ0n) is 4.92. The van der Waals surface area contributed by atoms with Crippen LogP contribution in [0.3, 0.4) is 0 Å². The lowest BCUT2D eigenvalue weighted by Crippen LogP contribution is -2.36. The van der Waals surface area contributed by atoms with E-state index in [1.165, 1.54) is 0 Å². The number of nitrogens with two attached hydrogens (primary N) is 1. The lowest BCUT2D eigenvalue weighted by atomic mass is 9.82. The second-order valence-corrected chi connectivity index (χ2v) is 2.20. The molecule has 1 aliphatic carbocycles. The molecule has 1 rings (SSSR count). The Bertz CT molecular complexity index is 137. The summed E-state index contributed by atoms with van der Waals surface area (Å²) in [5.41, 5.74) is 0. The van der Waals surface area contributed by atoms with Crippen molar-refractivity contribution in [1.29, 1.82) is 0 Å². The Hall–Kier alpha value is -0.640. The van der Waals surface area contributed by atoms with Gasteiger partial charge in [-0.25, -0.2) is 0 Å². The van der Waals surface area contributed by atoms with Crippen molar-refractivity contribution in [2.75, 3.05) is 0 Å². The molecule has 0 aromatic rings. The zero-order chi connectivity index (χ0) is 6.85. The van der Waals surface area contributed by atoms with E-state index >= 15 is 0 Å². The predicted octanol–water partition coefficient (Wildman–Crippen LogP) is -0.001000. The van der Waals surface area contributed by atoms with Gasteiger partial charge in [0.05, 0.1) is 12.0 Å². The van der Waals surface area contributed by atoms with Gasteiger partial charge in [0.2, 0.25) is 5.97 Å². The Labute approximate surface area is 52.4 Å². The first kappa shape index (κ1) is 6.48. The summed E-state index contributed by atoms with van der Waals surface area (Å²) in [5, 5.41) is 11.7. The number of aliphatic hydroxyl groups is 1. The van der Waals surface area contributed by atoms with Gasteiger partial charge < -0.3 is 10.9 Å². The first-order valence-corrected chi connectivity index (χ1v) is 2.87. The van der Waals surface area contributed by atoms with Crippen LogP contribution in [-0.4, -0.2) is 17.2 Å². The van der Waals surface area contributed by atoms with Gasteiger partial charge in [-0.2, -0.15) is 9.49 Å². The molecule has 0 amide bonds. The van der Waals surface area contributed by atoms with Gasteiger partial charge in [0, 0.05) is 0 Å². The summed E-state index contributed by atoms with van der Waals surface area (Å²) < 4.78 is 12.3. The van der Waals surface area contributed by atoms with Crippen LogP contribution >= 0.6 is 0 Å². The van der Waals surface area contributed by atoms with Crippen LogP contribution < -0.4 is 5.84 Å². The van der Waals surface area contributed by atoms with Gasteiger partial charge in [-0.05, 0) is 12.8 Å². The normalized spacial score (nSPS) is 36.0. The molecule has 3 N–H and O–H groups in total. The van der Waals surface area contributed by atoms with E-state index in [0.29, 0.717) is 12.8 Å². The van der Waals surface area contributed by atoms with Gasteiger partial charge in [0.1, 0.15) is 0 Å². The van der Waals surface area contributed by atoms with Crippen LogP contribution in [0.1, 0.15) is 12.8 Å². The Balaban J connectivity index is 2.44. The quantitative estimate of drug-likeness (QED) is 0.299. The summed E-state index contributed by atoms with van der Waals surface area (Å²) in [6.45, 7) is 0. The number of aliphatic hydroxyl groups excluding tert-OH is 1. The Morgan fingerprint density at radius 1 is 1.67 bits per heavy atom. The van der Waals surface area contributed by atoms with E-state index in [-0.39, 0.29) is 0 Å². The number of nitrogens with zero attached hydrogens (tertiary/aromatic N) is 1. The first-order valence-electron chi connectivity index (χ1n) is 2.87. The Morgan fingerprint density at radius 3 is 2.44 bits per heavy atom. The smallest absolute Gasteiger partial charge is 0.212 e. The fourth-order valence-corrected chi connectivity index (χ4v) is 0.856. The minimum Gasteiger partial charge on any atom is -0.392 e. The van der Waals surface area contributed by atoms with Gasteiger partial charge in [-0.15, -0.1) is 0 Å². The molecule has 1 aliphatic rings. The molecule has 0 radical (unpaired) electrons. The highest BCUT2D eigenvalue weighted by Crippen LogP contribution is 2.28. The third kappa shape index (κ3) is 1.03. The minimum absolute atomic E-state index is 0.421. The number of hydrazone groups is 1. The van der Waals surface area contributed by atoms with Crippen molar-refractivity contribution in [3.05, 3.63) is 0 Å². The van der Waals surface area contributed by atoms with Crippen molar-refractivity contribution >= 4 is 5.97 Å². The van der Waals surface area contributed by atoms with Crippen molar-refractivity contribution in [3.63, 3.8) is 0 Å². The van der Waals surface area contributed by atoms with E-state index in [1.54, 1.807) is 0 Å². The van der Waals surface area contributed by atoms with Crippen LogP contribution in [0.25, 0.3) is 0 Å². The molecule has 0 heterocycles. The van der Waals surface area contributed by atoms with E-state index in [2.05, 4.69) is 10.9 Å². The van der Waals surface area contributed by atoms with Crippen LogP contribution in [0.5, 0.6) is 0 Å². The Morgan fingerprint density at radius 2 is 2.33 bits per heavy atom. The molecule has 1 fully saturated rings. The first-order chi connectivity index (χ1) is 4.25. The molecule has 0 saturated heterocycles. The van der Waals surface area contributed by atoms with E-state index in [1.807, 2.05) is 0 Å². The van der Waals surface area contributed by atoms with E-state index < -0.39 is 18.0 Å². The highest BCUT2D eigenvalue weighted by molar-refractivity contribution is 5.78. The summed E-state index contributed by atoms with van der Waals surface area (Å²) in [7, 11) is 0. The maximum absolute atomic E-state index is 12.3.